The van der Waals surface area contributed by atoms with Gasteiger partial charge in [-0.05, 0) is 42.5 Å². The lowest BCUT2D eigenvalue weighted by Crippen LogP contribution is -2.28. The molecule has 7 heteroatoms. The lowest BCUT2D eigenvalue weighted by molar-refractivity contribution is -0.121. The van der Waals surface area contributed by atoms with Crippen molar-refractivity contribution in [1.29, 1.82) is 0 Å². The van der Waals surface area contributed by atoms with E-state index in [0.29, 0.717) is 10.7 Å². The SMILES string of the molecule is O=C(Oc1ccc(N2C(=O)CCC2=O)cc1)c1ccc(Cl)cc1Cl. The predicted octanol–water partition coefficient (Wildman–Crippen LogP) is 3.87. The second-order valence-corrected chi connectivity index (χ2v) is 5.97. The Balaban J connectivity index is 1.75. The highest BCUT2D eigenvalue weighted by Crippen LogP contribution is 2.26. The highest BCUT2D eigenvalue weighted by Gasteiger charge is 2.30. The van der Waals surface area contributed by atoms with Crippen LogP contribution in [0.1, 0.15) is 23.2 Å². The number of rotatable bonds is 3. The largest absolute Gasteiger partial charge is 0.423 e. The summed E-state index contributed by atoms with van der Waals surface area (Å²) in [6.45, 7) is 0. The second kappa shape index (κ2) is 6.63. The second-order valence-electron chi connectivity index (χ2n) is 5.13. The molecule has 2 aromatic carbocycles. The summed E-state index contributed by atoms with van der Waals surface area (Å²) in [5.74, 6) is -0.831. The zero-order chi connectivity index (χ0) is 17.3. The van der Waals surface area contributed by atoms with Crippen molar-refractivity contribution in [3.8, 4) is 5.75 Å². The van der Waals surface area contributed by atoms with Crippen LogP contribution < -0.4 is 9.64 Å². The van der Waals surface area contributed by atoms with E-state index in [1.165, 1.54) is 30.3 Å². The fourth-order valence-electron chi connectivity index (χ4n) is 2.34. The Bertz CT molecular complexity index is 817. The maximum Gasteiger partial charge on any atom is 0.345 e. The molecule has 0 unspecified atom stereocenters. The van der Waals surface area contributed by atoms with Gasteiger partial charge in [0.1, 0.15) is 5.75 Å². The monoisotopic (exact) mass is 363 g/mol. The average Bonchev–Trinajstić information content (AvgIpc) is 2.87. The standard InChI is InChI=1S/C17H11Cl2NO4/c18-10-1-6-13(14(19)9-10)17(23)24-12-4-2-11(3-5-12)20-15(21)7-8-16(20)22/h1-6,9H,7-8H2. The quantitative estimate of drug-likeness (QED) is 0.471. The van der Waals surface area contributed by atoms with E-state index in [0.717, 1.165) is 4.90 Å². The number of benzene rings is 2. The molecule has 1 fully saturated rings. The Kier molecular flexibility index (Phi) is 4.55. The topological polar surface area (TPSA) is 63.7 Å². The first-order valence-corrected chi connectivity index (χ1v) is 7.84. The van der Waals surface area contributed by atoms with Gasteiger partial charge in [-0.3, -0.25) is 14.5 Å². The lowest BCUT2D eigenvalue weighted by atomic mass is 10.2. The fourth-order valence-corrected chi connectivity index (χ4v) is 2.83. The van der Waals surface area contributed by atoms with Gasteiger partial charge in [-0.2, -0.15) is 0 Å². The highest BCUT2D eigenvalue weighted by molar-refractivity contribution is 6.36. The van der Waals surface area contributed by atoms with Crippen LogP contribution in [0.2, 0.25) is 10.0 Å². The molecule has 5 nitrogen and oxygen atoms in total. The minimum atomic E-state index is -0.627. The minimum Gasteiger partial charge on any atom is -0.423 e. The summed E-state index contributed by atoms with van der Waals surface area (Å²) in [6.07, 6.45) is 0.426. The van der Waals surface area contributed by atoms with Crippen molar-refractivity contribution in [2.24, 2.45) is 0 Å². The Morgan fingerprint density at radius 3 is 2.17 bits per heavy atom. The number of nitrogens with zero attached hydrogens (tertiary/aromatic N) is 1. The van der Waals surface area contributed by atoms with Gasteiger partial charge in [0, 0.05) is 17.9 Å². The summed E-state index contributed by atoms with van der Waals surface area (Å²) < 4.78 is 5.24. The molecule has 2 aromatic rings. The molecule has 0 saturated carbocycles. The van der Waals surface area contributed by atoms with E-state index in [1.807, 2.05) is 0 Å². The summed E-state index contributed by atoms with van der Waals surface area (Å²) in [4.78, 5) is 36.6. The number of imide groups is 1. The number of carbonyl (C=O) groups is 3. The first-order valence-electron chi connectivity index (χ1n) is 7.09. The zero-order valence-electron chi connectivity index (χ0n) is 12.3. The number of amides is 2. The molecule has 1 saturated heterocycles. The van der Waals surface area contributed by atoms with E-state index in [4.69, 9.17) is 27.9 Å². The Morgan fingerprint density at radius 1 is 0.958 bits per heavy atom. The smallest absolute Gasteiger partial charge is 0.345 e. The van der Waals surface area contributed by atoms with E-state index < -0.39 is 5.97 Å². The summed E-state index contributed by atoms with van der Waals surface area (Å²) >= 11 is 11.8. The maximum absolute atomic E-state index is 12.1. The Labute approximate surface area is 147 Å². The molecule has 0 atom stereocenters. The summed E-state index contributed by atoms with van der Waals surface area (Å²) in [5.41, 5.74) is 0.641. The van der Waals surface area contributed by atoms with Gasteiger partial charge in [-0.1, -0.05) is 23.2 Å². The van der Waals surface area contributed by atoms with Gasteiger partial charge in [0.15, 0.2) is 0 Å². The molecule has 0 spiro atoms. The predicted molar refractivity (Wildman–Crippen MR) is 89.6 cm³/mol. The van der Waals surface area contributed by atoms with Crippen molar-refractivity contribution in [3.63, 3.8) is 0 Å². The first-order chi connectivity index (χ1) is 11.5. The van der Waals surface area contributed by atoms with Gasteiger partial charge >= 0.3 is 5.97 Å². The number of halogens is 2. The van der Waals surface area contributed by atoms with Crippen LogP contribution in [-0.2, 0) is 9.59 Å². The molecule has 0 aromatic heterocycles. The van der Waals surface area contributed by atoms with Crippen molar-refractivity contribution in [2.75, 3.05) is 4.90 Å². The molecule has 2 amide bonds. The third kappa shape index (κ3) is 3.27. The van der Waals surface area contributed by atoms with Crippen LogP contribution in [0.4, 0.5) is 5.69 Å². The number of anilines is 1. The van der Waals surface area contributed by atoms with E-state index in [-0.39, 0.29) is 41.0 Å². The van der Waals surface area contributed by atoms with Crippen LogP contribution in [0.15, 0.2) is 42.5 Å². The van der Waals surface area contributed by atoms with Gasteiger partial charge in [-0.15, -0.1) is 0 Å². The van der Waals surface area contributed by atoms with E-state index in [2.05, 4.69) is 0 Å². The molecule has 24 heavy (non-hydrogen) atoms. The van der Waals surface area contributed by atoms with Gasteiger partial charge in [-0.25, -0.2) is 4.79 Å². The number of ether oxygens (including phenoxy) is 1. The molecule has 3 rings (SSSR count). The van der Waals surface area contributed by atoms with Crippen LogP contribution in [0.25, 0.3) is 0 Å². The van der Waals surface area contributed by atoms with Crippen molar-refractivity contribution in [2.45, 2.75) is 12.8 Å². The lowest BCUT2D eigenvalue weighted by Gasteiger charge is -2.14. The molecule has 0 bridgehead atoms. The average molecular weight is 364 g/mol. The van der Waals surface area contributed by atoms with Crippen molar-refractivity contribution in [1.82, 2.24) is 0 Å². The fraction of sp³-hybridized carbons (Fsp3) is 0.118. The number of hydrogen-bond acceptors (Lipinski definition) is 4. The molecule has 1 aliphatic rings. The molecule has 1 aliphatic heterocycles. The molecular weight excluding hydrogens is 353 g/mol. The third-order valence-electron chi connectivity index (χ3n) is 3.51. The van der Waals surface area contributed by atoms with Crippen molar-refractivity contribution < 1.29 is 19.1 Å². The van der Waals surface area contributed by atoms with Crippen LogP contribution in [0.3, 0.4) is 0 Å². The number of esters is 1. The van der Waals surface area contributed by atoms with Crippen LogP contribution in [0, 0.1) is 0 Å². The van der Waals surface area contributed by atoms with E-state index in [9.17, 15) is 14.4 Å². The molecule has 0 aliphatic carbocycles. The van der Waals surface area contributed by atoms with Gasteiger partial charge < -0.3 is 4.74 Å². The Morgan fingerprint density at radius 2 is 1.58 bits per heavy atom. The highest BCUT2D eigenvalue weighted by atomic mass is 35.5. The summed E-state index contributed by atoms with van der Waals surface area (Å²) in [6, 6.07) is 10.6. The molecule has 0 radical (unpaired) electrons. The third-order valence-corrected chi connectivity index (χ3v) is 4.06. The molecular formula is C17H11Cl2NO4. The number of hydrogen-bond donors (Lipinski definition) is 0. The maximum atomic E-state index is 12.1. The summed E-state index contributed by atoms with van der Waals surface area (Å²) in [7, 11) is 0. The first kappa shape index (κ1) is 16.5. The molecule has 0 N–H and O–H groups in total. The van der Waals surface area contributed by atoms with Crippen LogP contribution in [0.5, 0.6) is 5.75 Å². The summed E-state index contributed by atoms with van der Waals surface area (Å²) in [5, 5.41) is 0.609. The zero-order valence-corrected chi connectivity index (χ0v) is 13.8. The van der Waals surface area contributed by atoms with Gasteiger partial charge in [0.2, 0.25) is 11.8 Å². The van der Waals surface area contributed by atoms with E-state index in [1.54, 1.807) is 12.1 Å². The number of carbonyl (C=O) groups excluding carboxylic acids is 3. The van der Waals surface area contributed by atoms with Crippen molar-refractivity contribution in [3.05, 3.63) is 58.1 Å². The normalized spacial score (nSPS) is 14.2. The van der Waals surface area contributed by atoms with Gasteiger partial charge in [0.05, 0.1) is 16.3 Å². The van der Waals surface area contributed by atoms with Crippen LogP contribution >= 0.6 is 23.2 Å². The Hall–Kier alpha value is -2.37. The van der Waals surface area contributed by atoms with Gasteiger partial charge in [0.25, 0.3) is 0 Å². The molecule has 122 valence electrons. The molecule has 1 heterocycles. The minimum absolute atomic E-state index is 0.190. The van der Waals surface area contributed by atoms with Crippen molar-refractivity contribution >= 4 is 46.7 Å². The van der Waals surface area contributed by atoms with Crippen LogP contribution in [-0.4, -0.2) is 17.8 Å². The van der Waals surface area contributed by atoms with E-state index >= 15 is 0 Å².